The normalized spacial score (nSPS) is 43.2. The molecule has 210 valence electrons. The molecule has 4 nitrogen and oxygen atoms in total. The van der Waals surface area contributed by atoms with E-state index in [0.29, 0.717) is 52.4 Å². The van der Waals surface area contributed by atoms with Gasteiger partial charge in [-0.25, -0.2) is 4.79 Å². The predicted molar refractivity (Wildman–Crippen MR) is 152 cm³/mol. The van der Waals surface area contributed by atoms with Crippen LogP contribution in [0.5, 0.6) is 0 Å². The summed E-state index contributed by atoms with van der Waals surface area (Å²) in [4.78, 5) is 11.7. The van der Waals surface area contributed by atoms with Crippen LogP contribution in [0, 0.1) is 52.3 Å². The summed E-state index contributed by atoms with van der Waals surface area (Å²) < 4.78 is 4.80. The second kappa shape index (κ2) is 10.7. The van der Waals surface area contributed by atoms with Gasteiger partial charge in [0.2, 0.25) is 0 Å². The van der Waals surface area contributed by atoms with E-state index in [1.807, 2.05) is 24.3 Å². The van der Waals surface area contributed by atoms with Gasteiger partial charge in [0.15, 0.2) is 0 Å². The molecule has 0 saturated heterocycles. The van der Waals surface area contributed by atoms with Gasteiger partial charge in [-0.3, -0.25) is 0 Å². The number of rotatable bonds is 6. The zero-order valence-electron chi connectivity index (χ0n) is 24.2. The second-order valence-corrected chi connectivity index (χ2v) is 13.9. The third kappa shape index (κ3) is 4.58. The SMILES string of the molecule is CC[C@H]1[C@@H](O)C2C3CC[C@H]([C@H](C)C/C=C/c4ccc(C(=O)OC)cc4)C3(C)CCC2C2(C)CC[C@@H](O)C[C@@H]12. The number of ether oxygens (including phenoxy) is 1. The number of esters is 1. The molecule has 4 aliphatic carbocycles. The van der Waals surface area contributed by atoms with E-state index in [4.69, 9.17) is 4.74 Å². The van der Waals surface area contributed by atoms with Crippen LogP contribution >= 0.6 is 0 Å². The molecule has 4 saturated carbocycles. The third-order valence-corrected chi connectivity index (χ3v) is 12.3. The molecule has 0 aromatic heterocycles. The summed E-state index contributed by atoms with van der Waals surface area (Å²) in [5.41, 5.74) is 2.25. The van der Waals surface area contributed by atoms with Gasteiger partial charge in [0.1, 0.15) is 0 Å². The lowest BCUT2D eigenvalue weighted by Gasteiger charge is -2.64. The molecule has 4 heteroatoms. The van der Waals surface area contributed by atoms with Gasteiger partial charge in [-0.05, 0) is 121 Å². The molecule has 5 rings (SSSR count). The zero-order valence-corrected chi connectivity index (χ0v) is 24.2. The van der Waals surface area contributed by atoms with Crippen molar-refractivity contribution in [1.82, 2.24) is 0 Å². The Morgan fingerprint density at radius 1 is 1.03 bits per heavy atom. The molecule has 2 N–H and O–H groups in total. The molecule has 1 aromatic rings. The van der Waals surface area contributed by atoms with Crippen LogP contribution in [-0.4, -0.2) is 35.5 Å². The van der Waals surface area contributed by atoms with Crippen LogP contribution in [0.3, 0.4) is 0 Å². The van der Waals surface area contributed by atoms with Crippen molar-refractivity contribution >= 4 is 12.0 Å². The van der Waals surface area contributed by atoms with Gasteiger partial charge in [0, 0.05) is 0 Å². The fourth-order valence-corrected chi connectivity index (χ4v) is 10.4. The summed E-state index contributed by atoms with van der Waals surface area (Å²) in [6, 6.07) is 7.61. The minimum atomic E-state index is -0.299. The summed E-state index contributed by atoms with van der Waals surface area (Å²) in [6.45, 7) is 9.77. The molecule has 0 heterocycles. The van der Waals surface area contributed by atoms with Crippen LogP contribution in [0.2, 0.25) is 0 Å². The molecule has 0 amide bonds. The standard InChI is InChI=1S/C34H50O4/c1-6-25-29-20-24(35)16-18-34(29,4)28-17-19-33(3)26(14-15-27(33)30(28)31(25)36)21(2)8-7-9-22-10-12-23(13-11-22)32(37)38-5/h7,9-13,21,24-31,35-36H,6,8,14-20H2,1-5H3/b9-7+/t21-,24-,25-,26-,27?,28?,29+,30?,31-,33?,34?/m1/s1. The van der Waals surface area contributed by atoms with Crippen molar-refractivity contribution in [2.45, 2.75) is 97.7 Å². The molecule has 5 unspecified atom stereocenters. The number of allylic oxidation sites excluding steroid dienone is 1. The molecule has 11 atom stereocenters. The maximum absolute atomic E-state index is 11.9. The van der Waals surface area contributed by atoms with Crippen LogP contribution in [0.1, 0.15) is 101 Å². The van der Waals surface area contributed by atoms with E-state index < -0.39 is 0 Å². The largest absolute Gasteiger partial charge is 0.465 e. The number of hydrogen-bond donors (Lipinski definition) is 2. The monoisotopic (exact) mass is 522 g/mol. The van der Waals surface area contributed by atoms with E-state index in [1.54, 1.807) is 0 Å². The molecule has 38 heavy (non-hydrogen) atoms. The Balaban J connectivity index is 1.30. The highest BCUT2D eigenvalue weighted by Crippen LogP contribution is 2.69. The van der Waals surface area contributed by atoms with Gasteiger partial charge >= 0.3 is 5.97 Å². The van der Waals surface area contributed by atoms with Crippen LogP contribution in [0.15, 0.2) is 30.3 Å². The van der Waals surface area contributed by atoms with Gasteiger partial charge in [-0.1, -0.05) is 58.4 Å². The van der Waals surface area contributed by atoms with Crippen molar-refractivity contribution in [3.63, 3.8) is 0 Å². The topological polar surface area (TPSA) is 66.8 Å². The average molecular weight is 523 g/mol. The van der Waals surface area contributed by atoms with Crippen molar-refractivity contribution in [1.29, 1.82) is 0 Å². The third-order valence-electron chi connectivity index (χ3n) is 12.3. The quantitative estimate of drug-likeness (QED) is 0.390. The Hall–Kier alpha value is -1.65. The average Bonchev–Trinajstić information content (AvgIpc) is 3.27. The first-order chi connectivity index (χ1) is 18.1. The Labute approximate surface area is 230 Å². The van der Waals surface area contributed by atoms with Gasteiger partial charge in [-0.2, -0.15) is 0 Å². The predicted octanol–water partition coefficient (Wildman–Crippen LogP) is 7.14. The lowest BCUT2D eigenvalue weighted by Crippen LogP contribution is -2.62. The molecule has 0 radical (unpaired) electrons. The highest BCUT2D eigenvalue weighted by Gasteiger charge is 2.64. The number of fused-ring (bicyclic) bond motifs is 5. The fourth-order valence-electron chi connectivity index (χ4n) is 10.4. The first-order valence-corrected chi connectivity index (χ1v) is 15.3. The Morgan fingerprint density at radius 2 is 1.71 bits per heavy atom. The minimum absolute atomic E-state index is 0.185. The van der Waals surface area contributed by atoms with Crippen molar-refractivity contribution in [3.8, 4) is 0 Å². The van der Waals surface area contributed by atoms with Crippen LogP contribution in [-0.2, 0) is 4.74 Å². The van der Waals surface area contributed by atoms with Crippen molar-refractivity contribution in [3.05, 3.63) is 41.5 Å². The fraction of sp³-hybridized carbons (Fsp3) is 0.735. The number of aliphatic hydroxyl groups is 2. The van der Waals surface area contributed by atoms with Crippen LogP contribution in [0.25, 0.3) is 6.08 Å². The molecule has 4 aliphatic rings. The number of hydrogen-bond acceptors (Lipinski definition) is 4. The van der Waals surface area contributed by atoms with Gasteiger partial charge in [0.25, 0.3) is 0 Å². The molecular formula is C34H50O4. The summed E-state index contributed by atoms with van der Waals surface area (Å²) >= 11 is 0. The number of benzene rings is 1. The summed E-state index contributed by atoms with van der Waals surface area (Å²) in [7, 11) is 1.41. The Morgan fingerprint density at radius 3 is 2.39 bits per heavy atom. The number of carbonyl (C=O) groups is 1. The van der Waals surface area contributed by atoms with Gasteiger partial charge in [0.05, 0.1) is 24.9 Å². The maximum atomic E-state index is 11.9. The lowest BCUT2D eigenvalue weighted by molar-refractivity contribution is -0.203. The number of aliphatic hydroxyl groups excluding tert-OH is 2. The molecule has 1 aromatic carbocycles. The summed E-state index contributed by atoms with van der Waals surface area (Å²) in [5, 5.41) is 22.4. The molecule has 0 spiro atoms. The summed E-state index contributed by atoms with van der Waals surface area (Å²) in [5.74, 6) is 3.38. The lowest BCUT2D eigenvalue weighted by atomic mass is 9.41. The van der Waals surface area contributed by atoms with E-state index in [0.717, 1.165) is 37.7 Å². The van der Waals surface area contributed by atoms with Gasteiger partial charge < -0.3 is 14.9 Å². The number of carbonyl (C=O) groups excluding carboxylic acids is 1. The minimum Gasteiger partial charge on any atom is -0.465 e. The van der Waals surface area contributed by atoms with E-state index >= 15 is 0 Å². The van der Waals surface area contributed by atoms with Crippen LogP contribution < -0.4 is 0 Å². The van der Waals surface area contributed by atoms with E-state index in [2.05, 4.69) is 39.8 Å². The maximum Gasteiger partial charge on any atom is 0.337 e. The molecule has 4 fully saturated rings. The first kappa shape index (κ1) is 27.9. The Kier molecular flexibility index (Phi) is 7.88. The highest BCUT2D eigenvalue weighted by molar-refractivity contribution is 5.89. The number of methoxy groups -OCH3 is 1. The van der Waals surface area contributed by atoms with Crippen molar-refractivity contribution in [2.75, 3.05) is 7.11 Å². The van der Waals surface area contributed by atoms with Crippen molar-refractivity contribution < 1.29 is 19.7 Å². The zero-order chi connectivity index (χ0) is 27.2. The Bertz CT molecular complexity index is 1020. The van der Waals surface area contributed by atoms with Gasteiger partial charge in [-0.15, -0.1) is 0 Å². The second-order valence-electron chi connectivity index (χ2n) is 13.9. The molecular weight excluding hydrogens is 472 g/mol. The highest BCUT2D eigenvalue weighted by atomic mass is 16.5. The molecule has 0 aliphatic heterocycles. The van der Waals surface area contributed by atoms with Crippen molar-refractivity contribution in [2.24, 2.45) is 52.3 Å². The van der Waals surface area contributed by atoms with Crippen LogP contribution in [0.4, 0.5) is 0 Å². The van der Waals surface area contributed by atoms with E-state index in [9.17, 15) is 15.0 Å². The van der Waals surface area contributed by atoms with E-state index in [1.165, 1.54) is 32.8 Å². The summed E-state index contributed by atoms with van der Waals surface area (Å²) in [6.07, 6.45) is 14.1. The smallest absolute Gasteiger partial charge is 0.337 e. The first-order valence-electron chi connectivity index (χ1n) is 15.3. The molecule has 0 bridgehead atoms. The van der Waals surface area contributed by atoms with E-state index in [-0.39, 0.29) is 23.6 Å².